The standard InChI is InChI=1S/C12H16N4O2S/c1-8-5-4-6-10(7-8)15-19(17,18)11-9(2)16(3)14-12(11)13/h4-7,15H,1-3H3,(H2,13,14). The molecule has 2 aromatic rings. The average Bonchev–Trinajstić information content (AvgIpc) is 2.52. The summed E-state index contributed by atoms with van der Waals surface area (Å²) in [5.41, 5.74) is 7.63. The largest absolute Gasteiger partial charge is 0.381 e. The number of rotatable bonds is 3. The van der Waals surface area contributed by atoms with E-state index in [2.05, 4.69) is 9.82 Å². The third kappa shape index (κ3) is 2.55. The van der Waals surface area contributed by atoms with E-state index in [-0.39, 0.29) is 10.7 Å². The highest BCUT2D eigenvalue weighted by Crippen LogP contribution is 2.24. The van der Waals surface area contributed by atoms with Crippen molar-refractivity contribution in [1.29, 1.82) is 0 Å². The normalized spacial score (nSPS) is 11.5. The number of aryl methyl sites for hydroxylation is 2. The number of anilines is 2. The third-order valence-corrected chi connectivity index (χ3v) is 4.39. The predicted octanol–water partition coefficient (Wildman–Crippen LogP) is 1.42. The Hall–Kier alpha value is -2.02. The van der Waals surface area contributed by atoms with Crippen LogP contribution in [0.15, 0.2) is 29.2 Å². The van der Waals surface area contributed by atoms with Gasteiger partial charge in [0, 0.05) is 12.7 Å². The molecule has 0 saturated heterocycles. The van der Waals surface area contributed by atoms with Gasteiger partial charge in [0.05, 0.1) is 5.69 Å². The van der Waals surface area contributed by atoms with E-state index < -0.39 is 10.0 Å². The van der Waals surface area contributed by atoms with Crippen LogP contribution in [0.25, 0.3) is 0 Å². The fraction of sp³-hybridized carbons (Fsp3) is 0.250. The molecule has 0 unspecified atom stereocenters. The van der Waals surface area contributed by atoms with Crippen molar-refractivity contribution in [1.82, 2.24) is 9.78 Å². The van der Waals surface area contributed by atoms with Gasteiger partial charge in [0.25, 0.3) is 10.0 Å². The summed E-state index contributed by atoms with van der Waals surface area (Å²) in [5.74, 6) is 0.000142. The van der Waals surface area contributed by atoms with Gasteiger partial charge in [-0.1, -0.05) is 12.1 Å². The Morgan fingerprint density at radius 2 is 2.00 bits per heavy atom. The maximum Gasteiger partial charge on any atom is 0.267 e. The monoisotopic (exact) mass is 280 g/mol. The molecule has 102 valence electrons. The molecule has 2 rings (SSSR count). The Labute approximate surface area is 112 Å². The lowest BCUT2D eigenvalue weighted by Crippen LogP contribution is -2.15. The van der Waals surface area contributed by atoms with Crippen molar-refractivity contribution in [3.8, 4) is 0 Å². The van der Waals surface area contributed by atoms with E-state index in [1.165, 1.54) is 4.68 Å². The van der Waals surface area contributed by atoms with Crippen LogP contribution in [0.5, 0.6) is 0 Å². The van der Waals surface area contributed by atoms with Crippen LogP contribution in [-0.2, 0) is 17.1 Å². The summed E-state index contributed by atoms with van der Waals surface area (Å²) < 4.78 is 28.6. The minimum atomic E-state index is -3.73. The van der Waals surface area contributed by atoms with Gasteiger partial charge in [0.2, 0.25) is 0 Å². The molecule has 0 amide bonds. The molecule has 0 saturated carbocycles. The van der Waals surface area contributed by atoms with Gasteiger partial charge in [-0.05, 0) is 31.5 Å². The van der Waals surface area contributed by atoms with Crippen molar-refractivity contribution in [3.05, 3.63) is 35.5 Å². The van der Waals surface area contributed by atoms with Gasteiger partial charge < -0.3 is 5.73 Å². The quantitative estimate of drug-likeness (QED) is 0.889. The minimum Gasteiger partial charge on any atom is -0.381 e. The maximum atomic E-state index is 12.3. The zero-order valence-corrected chi connectivity index (χ0v) is 11.8. The molecule has 0 aliphatic carbocycles. The van der Waals surface area contributed by atoms with E-state index in [0.29, 0.717) is 11.4 Å². The van der Waals surface area contributed by atoms with E-state index in [1.807, 2.05) is 13.0 Å². The summed E-state index contributed by atoms with van der Waals surface area (Å²) in [7, 11) is -2.08. The second kappa shape index (κ2) is 4.58. The Morgan fingerprint density at radius 1 is 1.32 bits per heavy atom. The van der Waals surface area contributed by atoms with Crippen molar-refractivity contribution in [2.24, 2.45) is 7.05 Å². The van der Waals surface area contributed by atoms with Crippen LogP contribution in [0.4, 0.5) is 11.5 Å². The molecule has 3 N–H and O–H groups in total. The Balaban J connectivity index is 2.44. The van der Waals surface area contributed by atoms with Gasteiger partial charge in [-0.25, -0.2) is 8.42 Å². The van der Waals surface area contributed by atoms with Gasteiger partial charge in [-0.2, -0.15) is 5.10 Å². The number of nitrogens with one attached hydrogen (secondary N) is 1. The van der Waals surface area contributed by atoms with Crippen molar-refractivity contribution in [2.45, 2.75) is 18.7 Å². The van der Waals surface area contributed by atoms with E-state index in [4.69, 9.17) is 5.73 Å². The lowest BCUT2D eigenvalue weighted by Gasteiger charge is -2.08. The highest BCUT2D eigenvalue weighted by Gasteiger charge is 2.24. The fourth-order valence-electron chi connectivity index (χ4n) is 1.86. The molecule has 0 bridgehead atoms. The molecule has 19 heavy (non-hydrogen) atoms. The van der Waals surface area contributed by atoms with Crippen LogP contribution >= 0.6 is 0 Å². The molecular formula is C12H16N4O2S. The summed E-state index contributed by atoms with van der Waals surface area (Å²) in [6.45, 7) is 3.55. The SMILES string of the molecule is Cc1cccc(NS(=O)(=O)c2c(N)nn(C)c2C)c1. The van der Waals surface area contributed by atoms with E-state index in [9.17, 15) is 8.42 Å². The van der Waals surface area contributed by atoms with Gasteiger partial charge in [0.1, 0.15) is 0 Å². The second-order valence-corrected chi connectivity index (χ2v) is 6.02. The highest BCUT2D eigenvalue weighted by atomic mass is 32.2. The molecule has 0 atom stereocenters. The van der Waals surface area contributed by atoms with Crippen molar-refractivity contribution in [2.75, 3.05) is 10.5 Å². The lowest BCUT2D eigenvalue weighted by molar-refractivity contribution is 0.600. The molecule has 1 aromatic heterocycles. The molecule has 0 aliphatic heterocycles. The van der Waals surface area contributed by atoms with Gasteiger partial charge >= 0.3 is 0 Å². The van der Waals surface area contributed by atoms with Crippen molar-refractivity contribution < 1.29 is 8.42 Å². The Kier molecular flexibility index (Phi) is 3.23. The first-order valence-corrected chi connectivity index (χ1v) is 7.18. The Morgan fingerprint density at radius 3 is 2.53 bits per heavy atom. The molecule has 6 nitrogen and oxygen atoms in total. The molecular weight excluding hydrogens is 264 g/mol. The van der Waals surface area contributed by atoms with Gasteiger partial charge in [-0.3, -0.25) is 9.40 Å². The van der Waals surface area contributed by atoms with Crippen LogP contribution in [0.2, 0.25) is 0 Å². The molecule has 1 aromatic carbocycles. The number of nitrogens with zero attached hydrogens (tertiary/aromatic N) is 2. The van der Waals surface area contributed by atoms with Gasteiger partial charge in [-0.15, -0.1) is 0 Å². The topological polar surface area (TPSA) is 90.0 Å². The summed E-state index contributed by atoms with van der Waals surface area (Å²) in [4.78, 5) is 0.0245. The lowest BCUT2D eigenvalue weighted by atomic mass is 10.2. The average molecular weight is 280 g/mol. The smallest absolute Gasteiger partial charge is 0.267 e. The summed E-state index contributed by atoms with van der Waals surface area (Å²) >= 11 is 0. The molecule has 1 heterocycles. The van der Waals surface area contributed by atoms with Crippen LogP contribution in [-0.4, -0.2) is 18.2 Å². The molecule has 0 spiro atoms. The van der Waals surface area contributed by atoms with E-state index in [1.54, 1.807) is 32.2 Å². The van der Waals surface area contributed by atoms with E-state index in [0.717, 1.165) is 5.56 Å². The predicted molar refractivity (Wildman–Crippen MR) is 74.3 cm³/mol. The first-order valence-electron chi connectivity index (χ1n) is 5.70. The third-order valence-electron chi connectivity index (χ3n) is 2.84. The highest BCUT2D eigenvalue weighted by molar-refractivity contribution is 7.93. The second-order valence-electron chi connectivity index (χ2n) is 4.40. The number of nitrogens with two attached hydrogens (primary N) is 1. The zero-order valence-electron chi connectivity index (χ0n) is 11.0. The number of hydrogen-bond donors (Lipinski definition) is 2. The summed E-state index contributed by atoms with van der Waals surface area (Å²) in [6, 6.07) is 7.11. The minimum absolute atomic E-state index is 0.000142. The van der Waals surface area contributed by atoms with Crippen LogP contribution in [0.3, 0.4) is 0 Å². The number of nitrogen functional groups attached to an aromatic ring is 1. The molecule has 7 heteroatoms. The summed E-state index contributed by atoms with van der Waals surface area (Å²) in [6.07, 6.45) is 0. The zero-order chi connectivity index (χ0) is 14.2. The first kappa shape index (κ1) is 13.4. The number of sulfonamides is 1. The van der Waals surface area contributed by atoms with E-state index >= 15 is 0 Å². The molecule has 0 radical (unpaired) electrons. The molecule has 0 aliphatic rings. The molecule has 0 fully saturated rings. The fourth-order valence-corrected chi connectivity index (χ4v) is 3.24. The Bertz CT molecular complexity index is 719. The van der Waals surface area contributed by atoms with Crippen molar-refractivity contribution >= 4 is 21.5 Å². The van der Waals surface area contributed by atoms with Crippen molar-refractivity contribution in [3.63, 3.8) is 0 Å². The number of hydrogen-bond acceptors (Lipinski definition) is 4. The number of aromatic nitrogens is 2. The van der Waals surface area contributed by atoms with Crippen LogP contribution < -0.4 is 10.5 Å². The van der Waals surface area contributed by atoms with Crippen LogP contribution in [0, 0.1) is 13.8 Å². The summed E-state index contributed by atoms with van der Waals surface area (Å²) in [5, 5.41) is 3.91. The first-order chi connectivity index (χ1) is 8.81. The maximum absolute atomic E-state index is 12.3. The van der Waals surface area contributed by atoms with Gasteiger partial charge in [0.15, 0.2) is 10.7 Å². The number of benzene rings is 1. The van der Waals surface area contributed by atoms with Crippen LogP contribution in [0.1, 0.15) is 11.3 Å².